The second kappa shape index (κ2) is 9.14. The number of anilines is 1. The molecule has 1 N–H and O–H groups in total. The fourth-order valence-electron chi connectivity index (χ4n) is 3.35. The van der Waals surface area contributed by atoms with Crippen LogP contribution in [0.5, 0.6) is 5.88 Å². The Kier molecular flexibility index (Phi) is 6.28. The predicted octanol–water partition coefficient (Wildman–Crippen LogP) is 4.76. The summed E-state index contributed by atoms with van der Waals surface area (Å²) in [5.41, 5.74) is 2.10. The number of nitro groups is 1. The quantitative estimate of drug-likeness (QED) is 0.354. The van der Waals surface area contributed by atoms with Gasteiger partial charge >= 0.3 is 0 Å². The lowest BCUT2D eigenvalue weighted by Gasteiger charge is -2.15. The molecule has 9 nitrogen and oxygen atoms in total. The van der Waals surface area contributed by atoms with E-state index in [9.17, 15) is 18.5 Å². The third-order valence-corrected chi connectivity index (χ3v) is 6.62. The van der Waals surface area contributed by atoms with E-state index in [0.29, 0.717) is 18.2 Å². The number of ether oxygens (including phenoxy) is 1. The van der Waals surface area contributed by atoms with Gasteiger partial charge in [0.1, 0.15) is 0 Å². The predicted molar refractivity (Wildman–Crippen MR) is 124 cm³/mol. The third-order valence-electron chi connectivity index (χ3n) is 5.29. The van der Waals surface area contributed by atoms with Gasteiger partial charge in [-0.05, 0) is 36.3 Å². The number of benzene rings is 2. The molecule has 0 amide bonds. The number of rotatable bonds is 9. The van der Waals surface area contributed by atoms with Gasteiger partial charge in [0.15, 0.2) is 0 Å². The standard InChI is InChI=1S/C23H24N4O5S/c1-15(2)19-8-3-4-9-20(19)21-13-22(32-14-16-10-11-16)25-23(24-21)26-33(30,31)18-7-5-6-17(12-18)27(28)29/h3-9,12-13,15-16H,10-11,14H2,1-2H3,(H,24,25,26). The van der Waals surface area contributed by atoms with Crippen molar-refractivity contribution < 1.29 is 18.1 Å². The van der Waals surface area contributed by atoms with E-state index in [-0.39, 0.29) is 28.3 Å². The van der Waals surface area contributed by atoms with Crippen LogP contribution in [0.2, 0.25) is 0 Å². The zero-order valence-corrected chi connectivity index (χ0v) is 19.1. The maximum Gasteiger partial charge on any atom is 0.270 e. The van der Waals surface area contributed by atoms with Gasteiger partial charge < -0.3 is 4.74 Å². The van der Waals surface area contributed by atoms with Gasteiger partial charge in [-0.2, -0.15) is 4.98 Å². The summed E-state index contributed by atoms with van der Waals surface area (Å²) in [6.45, 7) is 4.63. The van der Waals surface area contributed by atoms with Crippen LogP contribution in [-0.4, -0.2) is 29.9 Å². The molecule has 0 aliphatic heterocycles. The Hall–Kier alpha value is -3.53. The molecule has 2 aromatic carbocycles. The first-order valence-electron chi connectivity index (χ1n) is 10.6. The van der Waals surface area contributed by atoms with E-state index in [4.69, 9.17) is 4.74 Å². The number of hydrogen-bond donors (Lipinski definition) is 1. The number of nitrogens with one attached hydrogen (secondary N) is 1. The SMILES string of the molecule is CC(C)c1ccccc1-c1cc(OCC2CC2)nc(NS(=O)(=O)c2cccc([N+](=O)[O-])c2)n1. The van der Waals surface area contributed by atoms with E-state index in [0.717, 1.165) is 30.0 Å². The number of nitro benzene ring substituents is 1. The summed E-state index contributed by atoms with van der Waals surface area (Å²) in [5.74, 6) is 0.805. The molecule has 0 saturated heterocycles. The van der Waals surface area contributed by atoms with E-state index in [1.54, 1.807) is 6.07 Å². The summed E-state index contributed by atoms with van der Waals surface area (Å²) in [7, 11) is -4.17. The maximum atomic E-state index is 12.9. The van der Waals surface area contributed by atoms with Gasteiger partial charge in [0, 0.05) is 23.8 Å². The maximum absolute atomic E-state index is 12.9. The minimum atomic E-state index is -4.17. The summed E-state index contributed by atoms with van der Waals surface area (Å²) in [6, 6.07) is 14.3. The Labute approximate surface area is 192 Å². The average molecular weight is 469 g/mol. The summed E-state index contributed by atoms with van der Waals surface area (Å²) >= 11 is 0. The van der Waals surface area contributed by atoms with Crippen molar-refractivity contribution in [3.05, 3.63) is 70.3 Å². The number of nitrogens with zero attached hydrogens (tertiary/aromatic N) is 3. The minimum Gasteiger partial charge on any atom is -0.477 e. The zero-order chi connectivity index (χ0) is 23.6. The molecule has 0 spiro atoms. The molecule has 0 atom stereocenters. The number of non-ortho nitro benzene ring substituents is 1. The first kappa shape index (κ1) is 22.7. The largest absolute Gasteiger partial charge is 0.477 e. The highest BCUT2D eigenvalue weighted by Crippen LogP contribution is 2.33. The molecule has 1 heterocycles. The molecule has 0 bridgehead atoms. The van der Waals surface area contributed by atoms with Crippen LogP contribution in [-0.2, 0) is 10.0 Å². The van der Waals surface area contributed by atoms with Crippen LogP contribution < -0.4 is 9.46 Å². The summed E-state index contributed by atoms with van der Waals surface area (Å²) in [4.78, 5) is 18.8. The van der Waals surface area contributed by atoms with Gasteiger partial charge in [-0.25, -0.2) is 18.1 Å². The van der Waals surface area contributed by atoms with Gasteiger partial charge in [-0.1, -0.05) is 44.2 Å². The Morgan fingerprint density at radius 2 is 1.88 bits per heavy atom. The second-order valence-corrected chi connectivity index (χ2v) is 9.95. The smallest absolute Gasteiger partial charge is 0.270 e. The Balaban J connectivity index is 1.73. The van der Waals surface area contributed by atoms with Gasteiger partial charge in [-0.3, -0.25) is 10.1 Å². The molecule has 1 aromatic heterocycles. The highest BCUT2D eigenvalue weighted by atomic mass is 32.2. The van der Waals surface area contributed by atoms with E-state index < -0.39 is 14.9 Å². The molecular weight excluding hydrogens is 444 g/mol. The van der Waals surface area contributed by atoms with Crippen molar-refractivity contribution in [3.8, 4) is 17.1 Å². The van der Waals surface area contributed by atoms with Crippen molar-refractivity contribution in [1.82, 2.24) is 9.97 Å². The monoisotopic (exact) mass is 468 g/mol. The lowest BCUT2D eigenvalue weighted by atomic mass is 9.95. The van der Waals surface area contributed by atoms with Crippen molar-refractivity contribution in [2.24, 2.45) is 5.92 Å². The summed E-state index contributed by atoms with van der Waals surface area (Å²) in [5, 5.41) is 11.1. The van der Waals surface area contributed by atoms with Crippen LogP contribution in [0.25, 0.3) is 11.3 Å². The van der Waals surface area contributed by atoms with Crippen LogP contribution in [0.1, 0.15) is 38.2 Å². The molecule has 1 aliphatic carbocycles. The Morgan fingerprint density at radius 1 is 1.12 bits per heavy atom. The highest BCUT2D eigenvalue weighted by Gasteiger charge is 2.24. The molecule has 3 aromatic rings. The molecule has 33 heavy (non-hydrogen) atoms. The Morgan fingerprint density at radius 3 is 2.58 bits per heavy atom. The summed E-state index contributed by atoms with van der Waals surface area (Å²) in [6.07, 6.45) is 2.20. The normalized spacial score (nSPS) is 13.7. The van der Waals surface area contributed by atoms with Crippen molar-refractivity contribution in [3.63, 3.8) is 0 Å². The van der Waals surface area contributed by atoms with Gasteiger partial charge in [0.05, 0.1) is 22.1 Å². The Bertz CT molecular complexity index is 1290. The van der Waals surface area contributed by atoms with Crippen LogP contribution in [0, 0.1) is 16.0 Å². The zero-order valence-electron chi connectivity index (χ0n) is 18.3. The number of aromatic nitrogens is 2. The molecule has 0 radical (unpaired) electrons. The highest BCUT2D eigenvalue weighted by molar-refractivity contribution is 7.92. The second-order valence-electron chi connectivity index (χ2n) is 8.27. The fourth-order valence-corrected chi connectivity index (χ4v) is 4.33. The molecule has 1 saturated carbocycles. The van der Waals surface area contributed by atoms with Crippen molar-refractivity contribution in [1.29, 1.82) is 0 Å². The molecule has 10 heteroatoms. The third kappa shape index (κ3) is 5.46. The lowest BCUT2D eigenvalue weighted by molar-refractivity contribution is -0.385. The topological polar surface area (TPSA) is 124 Å². The van der Waals surface area contributed by atoms with Crippen molar-refractivity contribution >= 4 is 21.7 Å². The summed E-state index contributed by atoms with van der Waals surface area (Å²) < 4.78 is 34.0. The molecule has 1 fully saturated rings. The van der Waals surface area contributed by atoms with Crippen LogP contribution in [0.3, 0.4) is 0 Å². The molecule has 172 valence electrons. The fraction of sp³-hybridized carbons (Fsp3) is 0.304. The minimum absolute atomic E-state index is 0.164. The van der Waals surface area contributed by atoms with Crippen LogP contribution >= 0.6 is 0 Å². The molecular formula is C23H24N4O5S. The average Bonchev–Trinajstić information content (AvgIpc) is 3.62. The lowest BCUT2D eigenvalue weighted by Crippen LogP contribution is -2.16. The van der Waals surface area contributed by atoms with E-state index in [2.05, 4.69) is 28.5 Å². The molecule has 4 rings (SSSR count). The van der Waals surface area contributed by atoms with E-state index in [1.165, 1.54) is 18.2 Å². The van der Waals surface area contributed by atoms with Crippen molar-refractivity contribution in [2.45, 2.75) is 37.5 Å². The van der Waals surface area contributed by atoms with E-state index in [1.807, 2.05) is 24.3 Å². The van der Waals surface area contributed by atoms with Gasteiger partial charge in [0.25, 0.3) is 15.7 Å². The van der Waals surface area contributed by atoms with Gasteiger partial charge in [0.2, 0.25) is 11.8 Å². The number of hydrogen-bond acceptors (Lipinski definition) is 7. The van der Waals surface area contributed by atoms with Gasteiger partial charge in [-0.15, -0.1) is 0 Å². The van der Waals surface area contributed by atoms with Crippen molar-refractivity contribution in [2.75, 3.05) is 11.3 Å². The first-order chi connectivity index (χ1) is 15.7. The van der Waals surface area contributed by atoms with Crippen LogP contribution in [0.15, 0.2) is 59.5 Å². The first-order valence-corrected chi connectivity index (χ1v) is 12.1. The van der Waals surface area contributed by atoms with E-state index >= 15 is 0 Å². The molecule has 1 aliphatic rings. The molecule has 0 unspecified atom stereocenters. The van der Waals surface area contributed by atoms with Crippen LogP contribution in [0.4, 0.5) is 11.6 Å². The number of sulfonamides is 1.